The molecular formula is C13H21NO. The van der Waals surface area contributed by atoms with Crippen molar-refractivity contribution in [3.05, 3.63) is 35.9 Å². The molecule has 0 amide bonds. The fourth-order valence-corrected chi connectivity index (χ4v) is 1.36. The molecule has 1 rings (SSSR count). The quantitative estimate of drug-likeness (QED) is 0.692. The minimum Gasteiger partial charge on any atom is -0.380 e. The molecule has 0 spiro atoms. The van der Waals surface area contributed by atoms with E-state index in [4.69, 9.17) is 4.74 Å². The first-order valence-electron chi connectivity index (χ1n) is 5.64. The number of ether oxygens (including phenoxy) is 1. The molecule has 0 aliphatic heterocycles. The van der Waals surface area contributed by atoms with Gasteiger partial charge in [0.1, 0.15) is 0 Å². The molecule has 84 valence electrons. The molecule has 0 aliphatic rings. The molecule has 2 heteroatoms. The molecule has 15 heavy (non-hydrogen) atoms. The van der Waals surface area contributed by atoms with E-state index >= 15 is 0 Å². The van der Waals surface area contributed by atoms with Crippen LogP contribution in [0.2, 0.25) is 0 Å². The Balaban J connectivity index is 1.98. The fraction of sp³-hybridized carbons (Fsp3) is 0.538. The lowest BCUT2D eigenvalue weighted by molar-refractivity contribution is 0.137. The second kappa shape index (κ2) is 7.43. The Bertz CT molecular complexity index is 246. The molecule has 1 aromatic rings. The van der Waals surface area contributed by atoms with Crippen LogP contribution in [-0.4, -0.2) is 25.8 Å². The highest BCUT2D eigenvalue weighted by molar-refractivity contribution is 5.14. The molecule has 0 heterocycles. The van der Waals surface area contributed by atoms with Crippen LogP contribution < -0.4 is 5.32 Å². The van der Waals surface area contributed by atoms with Gasteiger partial charge in [-0.05, 0) is 12.0 Å². The Labute approximate surface area is 92.6 Å². The van der Waals surface area contributed by atoms with Crippen molar-refractivity contribution in [2.24, 2.45) is 0 Å². The molecule has 1 aromatic carbocycles. The van der Waals surface area contributed by atoms with Gasteiger partial charge in [0, 0.05) is 12.6 Å². The Kier molecular flexibility index (Phi) is 6.05. The van der Waals surface area contributed by atoms with Gasteiger partial charge in [-0.25, -0.2) is 0 Å². The van der Waals surface area contributed by atoms with E-state index in [0.29, 0.717) is 6.04 Å². The summed E-state index contributed by atoms with van der Waals surface area (Å²) in [6.45, 7) is 6.83. The van der Waals surface area contributed by atoms with Gasteiger partial charge in [-0.1, -0.05) is 44.2 Å². The van der Waals surface area contributed by atoms with Crippen LogP contribution in [0.3, 0.4) is 0 Å². The van der Waals surface area contributed by atoms with Crippen molar-refractivity contribution in [3.8, 4) is 0 Å². The zero-order chi connectivity index (χ0) is 10.9. The van der Waals surface area contributed by atoms with Gasteiger partial charge in [0.05, 0.1) is 13.2 Å². The molecule has 0 fully saturated rings. The maximum Gasteiger partial charge on any atom is 0.0591 e. The largest absolute Gasteiger partial charge is 0.380 e. The monoisotopic (exact) mass is 207 g/mol. The number of hydrogen-bond donors (Lipinski definition) is 1. The molecular weight excluding hydrogens is 186 g/mol. The molecule has 0 atom stereocenters. The summed E-state index contributed by atoms with van der Waals surface area (Å²) >= 11 is 0. The standard InChI is InChI=1S/C13H21NO/c1-12(2)14-9-11-15-10-8-13-6-4-3-5-7-13/h3-7,12,14H,8-11H2,1-2H3. The molecule has 0 unspecified atom stereocenters. The van der Waals surface area contributed by atoms with Gasteiger partial charge in [0.2, 0.25) is 0 Å². The van der Waals surface area contributed by atoms with E-state index in [0.717, 1.165) is 26.2 Å². The van der Waals surface area contributed by atoms with Crippen LogP contribution in [0.5, 0.6) is 0 Å². The number of benzene rings is 1. The molecule has 1 N–H and O–H groups in total. The van der Waals surface area contributed by atoms with Crippen LogP contribution in [0, 0.1) is 0 Å². The van der Waals surface area contributed by atoms with Crippen molar-refractivity contribution in [3.63, 3.8) is 0 Å². The van der Waals surface area contributed by atoms with Crippen molar-refractivity contribution in [1.82, 2.24) is 5.32 Å². The molecule has 0 radical (unpaired) electrons. The number of rotatable bonds is 7. The van der Waals surface area contributed by atoms with Gasteiger partial charge in [-0.2, -0.15) is 0 Å². The summed E-state index contributed by atoms with van der Waals surface area (Å²) in [4.78, 5) is 0. The van der Waals surface area contributed by atoms with Crippen molar-refractivity contribution in [2.45, 2.75) is 26.3 Å². The van der Waals surface area contributed by atoms with E-state index in [1.54, 1.807) is 0 Å². The maximum absolute atomic E-state index is 5.53. The van der Waals surface area contributed by atoms with E-state index < -0.39 is 0 Å². The Morgan fingerprint density at radius 3 is 2.53 bits per heavy atom. The summed E-state index contributed by atoms with van der Waals surface area (Å²) < 4.78 is 5.53. The zero-order valence-corrected chi connectivity index (χ0v) is 9.70. The lowest BCUT2D eigenvalue weighted by atomic mass is 10.2. The number of hydrogen-bond acceptors (Lipinski definition) is 2. The van der Waals surface area contributed by atoms with E-state index in [2.05, 4.69) is 43.4 Å². The van der Waals surface area contributed by atoms with E-state index in [1.807, 2.05) is 6.07 Å². The van der Waals surface area contributed by atoms with Crippen LogP contribution in [-0.2, 0) is 11.2 Å². The first-order chi connectivity index (χ1) is 7.29. The van der Waals surface area contributed by atoms with Gasteiger partial charge in [-0.15, -0.1) is 0 Å². The van der Waals surface area contributed by atoms with E-state index in [1.165, 1.54) is 5.56 Å². The highest BCUT2D eigenvalue weighted by Gasteiger charge is 1.93. The van der Waals surface area contributed by atoms with Crippen molar-refractivity contribution >= 4 is 0 Å². The molecule has 2 nitrogen and oxygen atoms in total. The second-order valence-corrected chi connectivity index (χ2v) is 3.96. The molecule has 0 aliphatic carbocycles. The predicted molar refractivity (Wildman–Crippen MR) is 64.1 cm³/mol. The summed E-state index contributed by atoms with van der Waals surface area (Å²) in [5, 5.41) is 3.32. The lowest BCUT2D eigenvalue weighted by Crippen LogP contribution is -2.26. The fourth-order valence-electron chi connectivity index (χ4n) is 1.36. The summed E-state index contributed by atoms with van der Waals surface area (Å²) in [7, 11) is 0. The van der Waals surface area contributed by atoms with Crippen LogP contribution >= 0.6 is 0 Å². The van der Waals surface area contributed by atoms with Crippen LogP contribution in [0.25, 0.3) is 0 Å². The average Bonchev–Trinajstić information content (AvgIpc) is 2.24. The minimum atomic E-state index is 0.544. The Morgan fingerprint density at radius 1 is 1.13 bits per heavy atom. The van der Waals surface area contributed by atoms with Gasteiger partial charge < -0.3 is 10.1 Å². The van der Waals surface area contributed by atoms with E-state index in [9.17, 15) is 0 Å². The average molecular weight is 207 g/mol. The van der Waals surface area contributed by atoms with Crippen LogP contribution in [0.1, 0.15) is 19.4 Å². The summed E-state index contributed by atoms with van der Waals surface area (Å²) in [6, 6.07) is 11.0. The van der Waals surface area contributed by atoms with Crippen molar-refractivity contribution in [2.75, 3.05) is 19.8 Å². The summed E-state index contributed by atoms with van der Waals surface area (Å²) in [6.07, 6.45) is 1.00. The van der Waals surface area contributed by atoms with E-state index in [-0.39, 0.29) is 0 Å². The van der Waals surface area contributed by atoms with Gasteiger partial charge in [0.25, 0.3) is 0 Å². The smallest absolute Gasteiger partial charge is 0.0591 e. The first kappa shape index (κ1) is 12.2. The second-order valence-electron chi connectivity index (χ2n) is 3.96. The molecule has 0 saturated carbocycles. The van der Waals surface area contributed by atoms with Crippen molar-refractivity contribution in [1.29, 1.82) is 0 Å². The van der Waals surface area contributed by atoms with Crippen LogP contribution in [0.15, 0.2) is 30.3 Å². The molecule has 0 saturated heterocycles. The first-order valence-corrected chi connectivity index (χ1v) is 5.64. The topological polar surface area (TPSA) is 21.3 Å². The SMILES string of the molecule is CC(C)NCCOCCc1ccccc1. The minimum absolute atomic E-state index is 0.544. The third kappa shape index (κ3) is 6.26. The molecule has 0 aromatic heterocycles. The zero-order valence-electron chi connectivity index (χ0n) is 9.70. The maximum atomic E-state index is 5.53. The Morgan fingerprint density at radius 2 is 1.87 bits per heavy atom. The van der Waals surface area contributed by atoms with Gasteiger partial charge in [-0.3, -0.25) is 0 Å². The summed E-state index contributed by atoms with van der Waals surface area (Å²) in [5.41, 5.74) is 1.34. The third-order valence-electron chi connectivity index (χ3n) is 2.18. The Hall–Kier alpha value is -0.860. The number of nitrogens with one attached hydrogen (secondary N) is 1. The third-order valence-corrected chi connectivity index (χ3v) is 2.18. The highest BCUT2D eigenvalue weighted by Crippen LogP contribution is 1.99. The highest BCUT2D eigenvalue weighted by atomic mass is 16.5. The van der Waals surface area contributed by atoms with Gasteiger partial charge in [0.15, 0.2) is 0 Å². The lowest BCUT2D eigenvalue weighted by Gasteiger charge is -2.08. The van der Waals surface area contributed by atoms with Gasteiger partial charge >= 0.3 is 0 Å². The van der Waals surface area contributed by atoms with Crippen LogP contribution in [0.4, 0.5) is 0 Å². The summed E-state index contributed by atoms with van der Waals surface area (Å²) in [5.74, 6) is 0. The predicted octanol–water partition coefficient (Wildman–Crippen LogP) is 2.24. The van der Waals surface area contributed by atoms with Crippen molar-refractivity contribution < 1.29 is 4.74 Å². The molecule has 0 bridgehead atoms. The normalized spacial score (nSPS) is 10.9.